The van der Waals surface area contributed by atoms with Gasteiger partial charge in [0, 0.05) is 7.11 Å². The van der Waals surface area contributed by atoms with E-state index >= 15 is 0 Å². The molecule has 0 heterocycles. The van der Waals surface area contributed by atoms with E-state index in [1.165, 1.54) is 0 Å². The van der Waals surface area contributed by atoms with Gasteiger partial charge in [-0.1, -0.05) is 13.8 Å². The van der Waals surface area contributed by atoms with E-state index < -0.39 is 0 Å². The zero-order valence-electron chi connectivity index (χ0n) is 18.4. The molecular formula is C20H40O9. The van der Waals surface area contributed by atoms with Gasteiger partial charge in [0.25, 0.3) is 0 Å². The minimum atomic E-state index is -0.177. The monoisotopic (exact) mass is 424 g/mol. The fourth-order valence-electron chi connectivity index (χ4n) is 1.85. The van der Waals surface area contributed by atoms with Crippen LogP contribution in [0.2, 0.25) is 0 Å². The van der Waals surface area contributed by atoms with Crippen molar-refractivity contribution in [3.05, 3.63) is 0 Å². The van der Waals surface area contributed by atoms with E-state index in [1.54, 1.807) is 7.11 Å². The molecule has 174 valence electrons. The van der Waals surface area contributed by atoms with Gasteiger partial charge in [-0.2, -0.15) is 0 Å². The first-order valence-corrected chi connectivity index (χ1v) is 10.3. The lowest BCUT2D eigenvalue weighted by atomic mass is 10.1. The third-order valence-corrected chi connectivity index (χ3v) is 3.78. The Balaban J connectivity index is 3.07. The third-order valence-electron chi connectivity index (χ3n) is 3.78. The summed E-state index contributed by atoms with van der Waals surface area (Å²) in [6, 6.07) is 0. The van der Waals surface area contributed by atoms with Crippen molar-refractivity contribution in [3.63, 3.8) is 0 Å². The highest BCUT2D eigenvalue weighted by atomic mass is 16.6. The van der Waals surface area contributed by atoms with E-state index in [-0.39, 0.29) is 18.5 Å². The summed E-state index contributed by atoms with van der Waals surface area (Å²) in [5.74, 6) is -0.238. The Kier molecular flexibility index (Phi) is 22.8. The third kappa shape index (κ3) is 21.7. The Labute approximate surface area is 175 Å². The molecule has 0 bridgehead atoms. The van der Waals surface area contributed by atoms with Crippen LogP contribution in [-0.2, 0) is 42.7 Å². The van der Waals surface area contributed by atoms with Crippen molar-refractivity contribution in [1.29, 1.82) is 0 Å². The Hall–Kier alpha value is -0.810. The van der Waals surface area contributed by atoms with Crippen LogP contribution in [0.1, 0.15) is 20.3 Å². The molecule has 1 unspecified atom stereocenters. The van der Waals surface area contributed by atoms with Crippen LogP contribution >= 0.6 is 0 Å². The largest absolute Gasteiger partial charge is 0.463 e. The van der Waals surface area contributed by atoms with Gasteiger partial charge in [-0.05, 0) is 6.42 Å². The van der Waals surface area contributed by atoms with Crippen LogP contribution in [0.3, 0.4) is 0 Å². The first kappa shape index (κ1) is 28.2. The minimum Gasteiger partial charge on any atom is -0.463 e. The van der Waals surface area contributed by atoms with Crippen LogP contribution < -0.4 is 0 Å². The van der Waals surface area contributed by atoms with Crippen LogP contribution in [0.5, 0.6) is 0 Å². The zero-order valence-corrected chi connectivity index (χ0v) is 18.4. The van der Waals surface area contributed by atoms with Crippen molar-refractivity contribution < 1.29 is 42.7 Å². The molecule has 0 saturated carbocycles. The summed E-state index contributed by atoms with van der Waals surface area (Å²) in [5, 5.41) is 0. The van der Waals surface area contributed by atoms with E-state index in [1.807, 2.05) is 13.8 Å². The molecular weight excluding hydrogens is 384 g/mol. The summed E-state index contributed by atoms with van der Waals surface area (Å²) in [4.78, 5) is 11.4. The molecule has 1 atom stereocenters. The van der Waals surface area contributed by atoms with Crippen molar-refractivity contribution in [1.82, 2.24) is 0 Å². The first-order valence-electron chi connectivity index (χ1n) is 10.3. The number of methoxy groups -OCH3 is 1. The molecule has 0 aromatic rings. The number of ether oxygens (including phenoxy) is 8. The van der Waals surface area contributed by atoms with Gasteiger partial charge >= 0.3 is 5.97 Å². The highest BCUT2D eigenvalue weighted by molar-refractivity contribution is 5.71. The van der Waals surface area contributed by atoms with Gasteiger partial charge in [-0.25, -0.2) is 0 Å². The van der Waals surface area contributed by atoms with Gasteiger partial charge in [-0.15, -0.1) is 0 Å². The average molecular weight is 425 g/mol. The van der Waals surface area contributed by atoms with Crippen molar-refractivity contribution in [3.8, 4) is 0 Å². The number of rotatable bonds is 23. The molecule has 0 aliphatic rings. The maximum absolute atomic E-state index is 11.4. The van der Waals surface area contributed by atoms with E-state index in [2.05, 4.69) is 0 Å². The fourth-order valence-corrected chi connectivity index (χ4v) is 1.85. The van der Waals surface area contributed by atoms with Crippen molar-refractivity contribution in [2.45, 2.75) is 20.3 Å². The summed E-state index contributed by atoms with van der Waals surface area (Å²) in [7, 11) is 1.64. The number of carbonyl (C=O) groups excluding carboxylic acids is 1. The number of hydrogen-bond donors (Lipinski definition) is 0. The SMILES string of the molecule is CCC(C)C(=O)OCCOCCOCCOCCOCCOCCOCCOC. The molecule has 0 aromatic carbocycles. The van der Waals surface area contributed by atoms with E-state index in [0.29, 0.717) is 85.9 Å². The maximum atomic E-state index is 11.4. The predicted molar refractivity (Wildman–Crippen MR) is 107 cm³/mol. The molecule has 9 heteroatoms. The molecule has 0 N–H and O–H groups in total. The predicted octanol–water partition coefficient (Wildman–Crippen LogP) is 1.32. The van der Waals surface area contributed by atoms with Gasteiger partial charge in [0.2, 0.25) is 0 Å². The molecule has 0 aromatic heterocycles. The zero-order chi connectivity index (χ0) is 21.4. The molecule has 9 nitrogen and oxygen atoms in total. The lowest BCUT2D eigenvalue weighted by Crippen LogP contribution is -2.18. The number of hydrogen-bond acceptors (Lipinski definition) is 9. The normalized spacial score (nSPS) is 12.2. The lowest BCUT2D eigenvalue weighted by Gasteiger charge is -2.10. The van der Waals surface area contributed by atoms with E-state index in [9.17, 15) is 4.79 Å². The molecule has 0 spiro atoms. The Morgan fingerprint density at radius 3 is 1.21 bits per heavy atom. The van der Waals surface area contributed by atoms with Crippen molar-refractivity contribution in [2.75, 3.05) is 99.6 Å². The minimum absolute atomic E-state index is 0.0616. The summed E-state index contributed by atoms with van der Waals surface area (Å²) in [6.07, 6.45) is 0.780. The fraction of sp³-hybridized carbons (Fsp3) is 0.950. The Morgan fingerprint density at radius 1 is 0.586 bits per heavy atom. The van der Waals surface area contributed by atoms with Gasteiger partial charge in [0.1, 0.15) is 6.61 Å². The highest BCUT2D eigenvalue weighted by Crippen LogP contribution is 2.02. The molecule has 0 fully saturated rings. The topological polar surface area (TPSA) is 90.9 Å². The summed E-state index contributed by atoms with van der Waals surface area (Å²) in [5.41, 5.74) is 0. The van der Waals surface area contributed by atoms with Crippen LogP contribution in [0.15, 0.2) is 0 Å². The first-order chi connectivity index (χ1) is 14.2. The smallest absolute Gasteiger partial charge is 0.308 e. The van der Waals surface area contributed by atoms with Crippen LogP contribution in [0.25, 0.3) is 0 Å². The number of carbonyl (C=O) groups is 1. The van der Waals surface area contributed by atoms with Crippen LogP contribution in [-0.4, -0.2) is 106 Å². The Bertz CT molecular complexity index is 342. The molecule has 0 saturated heterocycles. The maximum Gasteiger partial charge on any atom is 0.308 e. The molecule has 0 aliphatic carbocycles. The lowest BCUT2D eigenvalue weighted by molar-refractivity contribution is -0.149. The molecule has 0 radical (unpaired) electrons. The molecule has 29 heavy (non-hydrogen) atoms. The van der Waals surface area contributed by atoms with Crippen molar-refractivity contribution in [2.24, 2.45) is 5.92 Å². The second-order valence-corrected chi connectivity index (χ2v) is 6.14. The average Bonchev–Trinajstić information content (AvgIpc) is 2.74. The van der Waals surface area contributed by atoms with Gasteiger partial charge in [0.05, 0.1) is 91.8 Å². The van der Waals surface area contributed by atoms with Gasteiger partial charge < -0.3 is 37.9 Å². The molecule has 0 rings (SSSR count). The van der Waals surface area contributed by atoms with E-state index in [4.69, 9.17) is 37.9 Å². The highest BCUT2D eigenvalue weighted by Gasteiger charge is 2.10. The van der Waals surface area contributed by atoms with Crippen LogP contribution in [0.4, 0.5) is 0 Å². The second-order valence-electron chi connectivity index (χ2n) is 6.14. The van der Waals surface area contributed by atoms with Gasteiger partial charge in [0.15, 0.2) is 0 Å². The quantitative estimate of drug-likeness (QED) is 0.178. The standard InChI is InChI=1S/C20H40O9/c1-4-19(2)20(21)29-18-17-28-16-15-27-14-13-26-12-11-25-10-9-24-8-7-23-6-5-22-3/h19H,4-18H2,1-3H3. The second kappa shape index (κ2) is 23.5. The van der Waals surface area contributed by atoms with Crippen molar-refractivity contribution >= 4 is 5.97 Å². The number of esters is 1. The summed E-state index contributed by atoms with van der Waals surface area (Å²) in [6.45, 7) is 10.8. The Morgan fingerprint density at radius 2 is 0.897 bits per heavy atom. The molecule has 0 amide bonds. The molecule has 0 aliphatic heterocycles. The summed E-state index contributed by atoms with van der Waals surface area (Å²) < 4.78 is 42.1. The van der Waals surface area contributed by atoms with Crippen LogP contribution in [0, 0.1) is 5.92 Å². The van der Waals surface area contributed by atoms with E-state index in [0.717, 1.165) is 6.42 Å². The van der Waals surface area contributed by atoms with Gasteiger partial charge in [-0.3, -0.25) is 4.79 Å². The summed E-state index contributed by atoms with van der Waals surface area (Å²) >= 11 is 0.